The third-order valence-corrected chi connectivity index (χ3v) is 4.24. The molecule has 1 heterocycles. The summed E-state index contributed by atoms with van der Waals surface area (Å²) < 4.78 is 115. The van der Waals surface area contributed by atoms with Gasteiger partial charge in [-0.1, -0.05) is 5.11 Å². The molecule has 0 bridgehead atoms. The molecular formula is C7H13N3O14S3. The van der Waals surface area contributed by atoms with Gasteiger partial charge < -0.3 is 9.47 Å². The van der Waals surface area contributed by atoms with E-state index in [2.05, 4.69) is 22.6 Å². The van der Waals surface area contributed by atoms with Crippen molar-refractivity contribution in [1.82, 2.24) is 0 Å². The lowest BCUT2D eigenvalue weighted by atomic mass is 9.99. The summed E-state index contributed by atoms with van der Waals surface area (Å²) in [5.41, 5.74) is 8.35. The summed E-state index contributed by atoms with van der Waals surface area (Å²) >= 11 is 0. The molecule has 0 saturated carbocycles. The van der Waals surface area contributed by atoms with Gasteiger partial charge in [0.2, 0.25) is 0 Å². The van der Waals surface area contributed by atoms with Crippen LogP contribution in [0, 0.1) is 0 Å². The molecule has 20 heteroatoms. The molecule has 17 nitrogen and oxygen atoms in total. The van der Waals surface area contributed by atoms with E-state index in [1.165, 1.54) is 0 Å². The number of azide groups is 1. The van der Waals surface area contributed by atoms with Gasteiger partial charge in [0.1, 0.15) is 12.2 Å². The second kappa shape index (κ2) is 8.89. The van der Waals surface area contributed by atoms with Gasteiger partial charge in [0.05, 0.1) is 12.6 Å². The minimum absolute atomic E-state index is 0.750. The highest BCUT2D eigenvalue weighted by Crippen LogP contribution is 2.31. The molecule has 0 unspecified atom stereocenters. The first-order valence-electron chi connectivity index (χ1n) is 6.33. The Kier molecular flexibility index (Phi) is 7.87. The highest BCUT2D eigenvalue weighted by Gasteiger charge is 2.53. The maximum absolute atomic E-state index is 11.1. The third kappa shape index (κ3) is 8.16. The zero-order valence-electron chi connectivity index (χ0n) is 13.0. The molecule has 5 atom stereocenters. The fourth-order valence-electron chi connectivity index (χ4n) is 2.08. The molecule has 3 N–H and O–H groups in total. The lowest BCUT2D eigenvalue weighted by Crippen LogP contribution is -2.62. The van der Waals surface area contributed by atoms with E-state index in [-0.39, 0.29) is 0 Å². The molecular weight excluding hydrogens is 446 g/mol. The third-order valence-electron chi connectivity index (χ3n) is 2.85. The smallest absolute Gasteiger partial charge is 0.353 e. The van der Waals surface area contributed by atoms with Gasteiger partial charge in [-0.05, 0) is 5.53 Å². The fraction of sp³-hybridized carbons (Fsp3) is 1.00. The Balaban J connectivity index is 3.49. The van der Waals surface area contributed by atoms with Crippen LogP contribution in [0.15, 0.2) is 5.11 Å². The SMILES string of the molecule is CO[C@H]1O[C@H](CN=[N+]=[N-])[C@@H](OS(=O)(=O)O)[C@H](OS(=O)(=O)O)[C@@H]1OS(=O)(=O)O. The van der Waals surface area contributed by atoms with Crippen LogP contribution in [0.2, 0.25) is 0 Å². The van der Waals surface area contributed by atoms with Crippen LogP contribution in [-0.2, 0) is 53.2 Å². The van der Waals surface area contributed by atoms with Gasteiger partial charge in [-0.2, -0.15) is 25.3 Å². The van der Waals surface area contributed by atoms with Crippen molar-refractivity contribution in [2.24, 2.45) is 5.11 Å². The fourth-order valence-corrected chi connectivity index (χ4v) is 3.58. The molecule has 0 spiro atoms. The Morgan fingerprint density at radius 1 is 0.926 bits per heavy atom. The highest BCUT2D eigenvalue weighted by atomic mass is 32.3. The zero-order valence-corrected chi connectivity index (χ0v) is 15.4. The van der Waals surface area contributed by atoms with E-state index in [1.807, 2.05) is 0 Å². The number of hydrogen-bond acceptors (Lipinski definition) is 12. The average Bonchev–Trinajstić information content (AvgIpc) is 2.45. The van der Waals surface area contributed by atoms with Gasteiger partial charge in [0.15, 0.2) is 12.4 Å². The van der Waals surface area contributed by atoms with E-state index in [1.54, 1.807) is 0 Å². The minimum atomic E-state index is -5.40. The summed E-state index contributed by atoms with van der Waals surface area (Å²) in [7, 11) is -15.2. The average molecular weight is 459 g/mol. The summed E-state index contributed by atoms with van der Waals surface area (Å²) in [5.74, 6) is 0. The molecule has 0 radical (unpaired) electrons. The van der Waals surface area contributed by atoms with E-state index in [4.69, 9.17) is 28.7 Å². The van der Waals surface area contributed by atoms with Gasteiger partial charge in [0, 0.05) is 12.0 Å². The van der Waals surface area contributed by atoms with Gasteiger partial charge >= 0.3 is 31.2 Å². The van der Waals surface area contributed by atoms with Crippen LogP contribution >= 0.6 is 0 Å². The van der Waals surface area contributed by atoms with Crippen LogP contribution < -0.4 is 0 Å². The summed E-state index contributed by atoms with van der Waals surface area (Å²) in [6, 6.07) is 0. The summed E-state index contributed by atoms with van der Waals surface area (Å²) in [5, 5.41) is 3.04. The van der Waals surface area contributed by atoms with Crippen molar-refractivity contribution in [3.05, 3.63) is 10.4 Å². The minimum Gasteiger partial charge on any atom is -0.353 e. The zero-order chi connectivity index (χ0) is 21.0. The first kappa shape index (κ1) is 23.9. The van der Waals surface area contributed by atoms with Crippen LogP contribution in [0.4, 0.5) is 0 Å². The summed E-state index contributed by atoms with van der Waals surface area (Å²) in [4.78, 5) is 2.35. The molecule has 1 saturated heterocycles. The van der Waals surface area contributed by atoms with Crippen molar-refractivity contribution in [2.45, 2.75) is 30.7 Å². The summed E-state index contributed by atoms with van der Waals surface area (Å²) in [6.45, 7) is -0.750. The van der Waals surface area contributed by atoms with E-state index in [0.29, 0.717) is 0 Å². The van der Waals surface area contributed by atoms with Crippen molar-refractivity contribution in [3.63, 3.8) is 0 Å². The number of ether oxygens (including phenoxy) is 2. The van der Waals surface area contributed by atoms with E-state index < -0.39 is 68.4 Å². The molecule has 27 heavy (non-hydrogen) atoms. The molecule has 1 aliphatic rings. The second-order valence-corrected chi connectivity index (χ2v) is 7.80. The van der Waals surface area contributed by atoms with Crippen LogP contribution in [0.3, 0.4) is 0 Å². The Labute approximate surface area is 152 Å². The second-order valence-electron chi connectivity index (χ2n) is 4.66. The van der Waals surface area contributed by atoms with Crippen molar-refractivity contribution < 1.29 is 60.9 Å². The van der Waals surface area contributed by atoms with Gasteiger partial charge in [-0.3, -0.25) is 13.7 Å². The Hall–Kier alpha value is -1.16. The molecule has 158 valence electrons. The Bertz CT molecular complexity index is 877. The van der Waals surface area contributed by atoms with Crippen molar-refractivity contribution >= 4 is 31.2 Å². The van der Waals surface area contributed by atoms with E-state index in [9.17, 15) is 25.3 Å². The number of methoxy groups -OCH3 is 1. The topological polar surface area (TPSA) is 258 Å². The first-order chi connectivity index (χ1) is 12.2. The normalized spacial score (nSPS) is 29.9. The Morgan fingerprint density at radius 3 is 1.78 bits per heavy atom. The lowest BCUT2D eigenvalue weighted by molar-refractivity contribution is -0.272. The lowest BCUT2D eigenvalue weighted by Gasteiger charge is -2.42. The van der Waals surface area contributed by atoms with Crippen LogP contribution in [-0.4, -0.2) is 83.3 Å². The number of hydrogen-bond donors (Lipinski definition) is 3. The molecule has 0 aromatic carbocycles. The Morgan fingerprint density at radius 2 is 1.37 bits per heavy atom. The molecule has 0 aromatic rings. The number of nitrogens with zero attached hydrogens (tertiary/aromatic N) is 3. The van der Waals surface area contributed by atoms with Crippen molar-refractivity contribution in [3.8, 4) is 0 Å². The predicted molar refractivity (Wildman–Crippen MR) is 78.9 cm³/mol. The maximum Gasteiger partial charge on any atom is 0.397 e. The molecule has 1 aliphatic heterocycles. The van der Waals surface area contributed by atoms with Crippen molar-refractivity contribution in [2.75, 3.05) is 13.7 Å². The molecule has 0 amide bonds. The molecule has 0 aliphatic carbocycles. The van der Waals surface area contributed by atoms with E-state index in [0.717, 1.165) is 7.11 Å². The highest BCUT2D eigenvalue weighted by molar-refractivity contribution is 7.81. The van der Waals surface area contributed by atoms with Crippen LogP contribution in [0.25, 0.3) is 10.4 Å². The van der Waals surface area contributed by atoms with E-state index >= 15 is 0 Å². The van der Waals surface area contributed by atoms with Gasteiger partial charge in [0.25, 0.3) is 0 Å². The van der Waals surface area contributed by atoms with Crippen molar-refractivity contribution in [1.29, 1.82) is 0 Å². The molecule has 1 rings (SSSR count). The predicted octanol–water partition coefficient (Wildman–Crippen LogP) is -1.77. The van der Waals surface area contributed by atoms with Gasteiger partial charge in [-0.15, -0.1) is 0 Å². The number of rotatable bonds is 9. The first-order valence-corrected chi connectivity index (χ1v) is 10.4. The standard InChI is InChI=1S/C7H13N3O14S3/c1-20-7-6(24-27(17,18)19)5(23-26(14,15)16)4(22-25(11,12)13)3(21-7)2-9-10-8/h3-7H,2H2,1H3,(H,11,12,13)(H,14,15,16)(H,17,18,19)/t3-,4-,5+,6+,7+/m1/s1. The summed E-state index contributed by atoms with van der Waals surface area (Å²) in [6.07, 6.45) is -10.5. The van der Waals surface area contributed by atoms with Crippen LogP contribution in [0.5, 0.6) is 0 Å². The quantitative estimate of drug-likeness (QED) is 0.149. The molecule has 1 fully saturated rings. The van der Waals surface area contributed by atoms with Gasteiger partial charge in [-0.25, -0.2) is 12.5 Å². The monoisotopic (exact) mass is 459 g/mol. The van der Waals surface area contributed by atoms with Crippen LogP contribution in [0.1, 0.15) is 0 Å². The largest absolute Gasteiger partial charge is 0.397 e. The molecule has 0 aromatic heterocycles. The maximum atomic E-state index is 11.1.